The van der Waals surface area contributed by atoms with Gasteiger partial charge >= 0.3 is 120 Å². The van der Waals surface area contributed by atoms with Crippen LogP contribution in [0.2, 0.25) is 0 Å². The standard InChI is InChI=1S/2Ag.Hg.4HI/h;;;4*1H/q2*+1;+2;;;;/p-4. The molecular formula is Ag2HgI4. The summed E-state index contributed by atoms with van der Waals surface area (Å²) >= 11 is 10.3. The molecule has 0 aromatic heterocycles. The first-order valence-electron chi connectivity index (χ1n) is 1.07. The fraction of sp³-hybridized carbons (Fsp3) is 0. The maximum absolute atomic E-state index is 2.57. The number of hydrogen-bond donors (Lipinski definition) is 0. The third-order valence-electron chi connectivity index (χ3n) is 0. The first kappa shape index (κ1) is 18.2. The van der Waals surface area contributed by atoms with Crippen molar-refractivity contribution in [1.29, 1.82) is 0 Å². The van der Waals surface area contributed by atoms with E-state index in [9.17, 15) is 0 Å². The molecule has 52 valence electrons. The topological polar surface area (TPSA) is 0 Å². The van der Waals surface area contributed by atoms with Crippen molar-refractivity contribution >= 4 is 70.7 Å². The zero-order chi connectivity index (χ0) is 4.50. The summed E-state index contributed by atoms with van der Waals surface area (Å²) in [5.74, 6) is 0. The molecule has 0 aromatic rings. The number of rotatable bonds is 0. The van der Waals surface area contributed by atoms with Crippen LogP contribution in [0, 0.1) is 0 Å². The third kappa shape index (κ3) is 34.7. The second-order valence-electron chi connectivity index (χ2n) is 0.606. The maximum atomic E-state index is 2.57. The Labute approximate surface area is 115 Å². The molecule has 0 fully saturated rings. The quantitative estimate of drug-likeness (QED) is 0.258. The molecule has 7 heteroatoms. The molecule has 0 saturated carbocycles. The van der Waals surface area contributed by atoms with Gasteiger partial charge in [-0.1, -0.05) is 0 Å². The normalized spacial score (nSPS) is 8.57. The molecule has 0 radical (unpaired) electrons. The number of halogens is 4. The van der Waals surface area contributed by atoms with Crippen molar-refractivity contribution in [2.75, 3.05) is 0 Å². The fourth-order valence-corrected chi connectivity index (χ4v) is 0. The van der Waals surface area contributed by atoms with Gasteiger partial charge in [0.05, 0.1) is 0 Å². The molecule has 0 bridgehead atoms. The van der Waals surface area contributed by atoms with Crippen molar-refractivity contribution in [2.45, 2.75) is 0 Å². The summed E-state index contributed by atoms with van der Waals surface area (Å²) in [6.45, 7) is 0. The molecule has 0 atom stereocenters. The van der Waals surface area contributed by atoms with Gasteiger partial charge in [0.2, 0.25) is 0 Å². The van der Waals surface area contributed by atoms with Gasteiger partial charge in [-0.05, 0) is 0 Å². The van der Waals surface area contributed by atoms with E-state index in [1.807, 2.05) is 0 Å². The Balaban J connectivity index is -0.0000000800. The SMILES string of the molecule is [Ag+].[Ag+].[I][Hg-2]([I])([I])[I]. The van der Waals surface area contributed by atoms with E-state index in [0.29, 0.717) is 0 Å². The zero-order valence-electron chi connectivity index (χ0n) is 2.82. The second-order valence-corrected chi connectivity index (χ2v) is 239. The van der Waals surface area contributed by atoms with E-state index in [2.05, 4.69) is 70.7 Å². The van der Waals surface area contributed by atoms with Gasteiger partial charge in [-0.15, -0.1) is 0 Å². The Bertz CT molecular complexity index is 25.2. The van der Waals surface area contributed by atoms with Gasteiger partial charge in [-0.25, -0.2) is 0 Å². The van der Waals surface area contributed by atoms with Crippen LogP contribution in [-0.4, -0.2) is 0 Å². The molecule has 0 nitrogen and oxygen atoms in total. The van der Waals surface area contributed by atoms with Crippen LogP contribution in [0.4, 0.5) is 0 Å². The molecule has 0 saturated heterocycles. The second kappa shape index (κ2) is 9.42. The average molecular weight is 924 g/mol. The third-order valence-corrected chi connectivity index (χ3v) is 0. The molecule has 0 aliphatic rings. The summed E-state index contributed by atoms with van der Waals surface area (Å²) < 4.78 is -1.51. The van der Waals surface area contributed by atoms with Crippen molar-refractivity contribution in [3.8, 4) is 0 Å². The first-order valence-corrected chi connectivity index (χ1v) is 62.9. The Morgan fingerprint density at radius 2 is 0.714 bits per heavy atom. The van der Waals surface area contributed by atoms with Gasteiger partial charge in [0.15, 0.2) is 0 Å². The summed E-state index contributed by atoms with van der Waals surface area (Å²) in [5.41, 5.74) is 0. The molecule has 0 heterocycles. The molecule has 0 aliphatic heterocycles. The van der Waals surface area contributed by atoms with Crippen LogP contribution >= 0.6 is 70.7 Å². The van der Waals surface area contributed by atoms with Crippen LogP contribution in [0.15, 0.2) is 0 Å². The summed E-state index contributed by atoms with van der Waals surface area (Å²) in [4.78, 5) is 0. The van der Waals surface area contributed by atoms with Crippen LogP contribution in [0.3, 0.4) is 0 Å². The van der Waals surface area contributed by atoms with Crippen LogP contribution in [0.1, 0.15) is 0 Å². The monoisotopic (exact) mass is 923 g/mol. The van der Waals surface area contributed by atoms with Crippen LogP contribution in [0.5, 0.6) is 0 Å². The molecule has 7 heavy (non-hydrogen) atoms. The Kier molecular flexibility index (Phi) is 24.5. The Morgan fingerprint density at radius 1 is 0.714 bits per heavy atom. The fourth-order valence-electron chi connectivity index (χ4n) is 0. The molecule has 0 N–H and O–H groups in total. The molecule has 0 unspecified atom stereocenters. The van der Waals surface area contributed by atoms with Crippen molar-refractivity contribution < 1.29 is 48.9 Å². The van der Waals surface area contributed by atoms with E-state index in [0.717, 1.165) is 0 Å². The van der Waals surface area contributed by atoms with Crippen molar-refractivity contribution in [2.24, 2.45) is 0 Å². The Hall–Kier alpha value is 5.34. The van der Waals surface area contributed by atoms with E-state index in [1.54, 1.807) is 0 Å². The van der Waals surface area contributed by atoms with E-state index < -0.39 is 4.17 Å². The summed E-state index contributed by atoms with van der Waals surface area (Å²) in [5, 5.41) is 0. The molecule has 0 spiro atoms. The van der Waals surface area contributed by atoms with Crippen molar-refractivity contribution in [3.05, 3.63) is 0 Å². The summed E-state index contributed by atoms with van der Waals surface area (Å²) in [6.07, 6.45) is 0. The molecule has 0 amide bonds. The van der Waals surface area contributed by atoms with Gasteiger partial charge < -0.3 is 0 Å². The van der Waals surface area contributed by atoms with Crippen LogP contribution < -0.4 is 0 Å². The van der Waals surface area contributed by atoms with Crippen molar-refractivity contribution in [3.63, 3.8) is 0 Å². The predicted octanol–water partition coefficient (Wildman–Crippen LogP) is 3.54. The first-order chi connectivity index (χ1) is 2.00. The summed E-state index contributed by atoms with van der Waals surface area (Å²) in [6, 6.07) is 0. The molecule has 0 rings (SSSR count). The minimum absolute atomic E-state index is 0. The number of hydrogen-bond acceptors (Lipinski definition) is 0. The predicted molar refractivity (Wildman–Crippen MR) is 56.1 cm³/mol. The van der Waals surface area contributed by atoms with E-state index in [1.165, 1.54) is 0 Å². The molecule has 0 aromatic carbocycles. The van der Waals surface area contributed by atoms with E-state index in [4.69, 9.17) is 0 Å². The summed E-state index contributed by atoms with van der Waals surface area (Å²) in [7, 11) is 0. The van der Waals surface area contributed by atoms with E-state index in [-0.39, 0.29) is 44.8 Å². The Morgan fingerprint density at radius 3 is 0.714 bits per heavy atom. The van der Waals surface area contributed by atoms with Crippen molar-refractivity contribution in [1.82, 2.24) is 0 Å². The molecular weight excluding hydrogens is 924 g/mol. The van der Waals surface area contributed by atoms with Gasteiger partial charge in [0.1, 0.15) is 0 Å². The van der Waals surface area contributed by atoms with Crippen LogP contribution in [-0.2, 0) is 48.9 Å². The van der Waals surface area contributed by atoms with E-state index >= 15 is 0 Å². The van der Waals surface area contributed by atoms with Gasteiger partial charge in [-0.3, -0.25) is 0 Å². The van der Waals surface area contributed by atoms with Crippen LogP contribution in [0.25, 0.3) is 0 Å². The van der Waals surface area contributed by atoms with Gasteiger partial charge in [0.25, 0.3) is 0 Å². The zero-order valence-corrected chi connectivity index (χ0v) is 19.9. The molecule has 0 aliphatic carbocycles. The minimum atomic E-state index is -1.51. The van der Waals surface area contributed by atoms with Gasteiger partial charge in [0, 0.05) is 0 Å². The average Bonchev–Trinajstić information content (AvgIpc) is 0.722. The van der Waals surface area contributed by atoms with Gasteiger partial charge in [-0.2, -0.15) is 0 Å².